The summed E-state index contributed by atoms with van der Waals surface area (Å²) in [5, 5.41) is 3.44. The number of allylic oxidation sites excluding steroid dienone is 5. The van der Waals surface area contributed by atoms with Gasteiger partial charge in [-0.25, -0.2) is 10.3 Å². The predicted molar refractivity (Wildman–Crippen MR) is 149 cm³/mol. The van der Waals surface area contributed by atoms with Gasteiger partial charge >= 0.3 is 5.97 Å². The summed E-state index contributed by atoms with van der Waals surface area (Å²) in [4.78, 5) is 33.3. The number of aliphatic imine (C=N–C) groups is 1. The molecule has 8 nitrogen and oxygen atoms in total. The number of hydroxylamine groups is 1. The minimum atomic E-state index is -0.469. The van der Waals surface area contributed by atoms with E-state index in [1.165, 1.54) is 0 Å². The largest absolute Gasteiger partial charge is 0.463 e. The van der Waals surface area contributed by atoms with E-state index in [4.69, 9.17) is 14.4 Å². The number of hydrogen-bond acceptors (Lipinski definition) is 7. The Bertz CT molecular complexity index is 1080. The zero-order chi connectivity index (χ0) is 27.8. The number of esters is 1. The second kappa shape index (κ2) is 16.5. The van der Waals surface area contributed by atoms with Crippen LogP contribution >= 0.6 is 0 Å². The predicted octanol–water partition coefficient (Wildman–Crippen LogP) is 4.55. The molecule has 0 saturated carbocycles. The van der Waals surface area contributed by atoms with Gasteiger partial charge < -0.3 is 19.7 Å². The molecule has 1 unspecified atom stereocenters. The fraction of sp³-hybridized carbons (Fsp3) is 0.276. The number of benzene rings is 1. The Morgan fingerprint density at radius 2 is 1.89 bits per heavy atom. The van der Waals surface area contributed by atoms with Gasteiger partial charge in [0, 0.05) is 31.1 Å². The van der Waals surface area contributed by atoms with Crippen LogP contribution < -0.4 is 10.8 Å². The molecule has 0 fully saturated rings. The fourth-order valence-corrected chi connectivity index (χ4v) is 3.87. The van der Waals surface area contributed by atoms with Crippen molar-refractivity contribution in [3.8, 4) is 0 Å². The molecule has 1 aromatic carbocycles. The molecule has 0 bridgehead atoms. The van der Waals surface area contributed by atoms with Crippen molar-refractivity contribution in [2.75, 3.05) is 27.3 Å². The van der Waals surface area contributed by atoms with E-state index < -0.39 is 5.92 Å². The smallest absolute Gasteiger partial charge is 0.336 e. The van der Waals surface area contributed by atoms with Gasteiger partial charge in [-0.2, -0.15) is 0 Å². The third-order valence-corrected chi connectivity index (χ3v) is 5.37. The minimum Gasteiger partial charge on any atom is -0.463 e. The maximum atomic E-state index is 13.2. The van der Waals surface area contributed by atoms with Gasteiger partial charge in [0.05, 0.1) is 24.7 Å². The van der Waals surface area contributed by atoms with Crippen molar-refractivity contribution in [1.29, 1.82) is 0 Å². The molecule has 0 saturated heterocycles. The van der Waals surface area contributed by atoms with Gasteiger partial charge in [-0.05, 0) is 38.5 Å². The number of carbonyl (C=O) groups excluding carboxylic acids is 2. The van der Waals surface area contributed by atoms with Crippen molar-refractivity contribution < 1.29 is 19.2 Å². The summed E-state index contributed by atoms with van der Waals surface area (Å²) in [5.74, 6) is 0.361. The average Bonchev–Trinajstić information content (AvgIpc) is 2.92. The van der Waals surface area contributed by atoms with Crippen LogP contribution in [-0.2, 0) is 19.2 Å². The van der Waals surface area contributed by atoms with Gasteiger partial charge in [-0.1, -0.05) is 55.1 Å². The Morgan fingerprint density at radius 3 is 2.43 bits per heavy atom. The molecular weight excluding hydrogens is 468 g/mol. The van der Waals surface area contributed by atoms with Crippen molar-refractivity contribution in [1.82, 2.24) is 15.7 Å². The highest BCUT2D eigenvalue weighted by atomic mass is 16.6. The molecule has 8 heteroatoms. The molecule has 1 heterocycles. The molecule has 0 radical (unpaired) electrons. The molecule has 0 aromatic heterocycles. The van der Waals surface area contributed by atoms with E-state index in [1.54, 1.807) is 26.1 Å². The van der Waals surface area contributed by atoms with Crippen LogP contribution in [-0.4, -0.2) is 50.8 Å². The topological polar surface area (TPSA) is 92.3 Å². The highest BCUT2D eigenvalue weighted by Crippen LogP contribution is 2.40. The van der Waals surface area contributed by atoms with E-state index >= 15 is 0 Å². The molecule has 0 amide bonds. The van der Waals surface area contributed by atoms with E-state index in [0.29, 0.717) is 17.1 Å². The van der Waals surface area contributed by atoms with Gasteiger partial charge in [-0.15, -0.1) is 6.58 Å². The van der Waals surface area contributed by atoms with Gasteiger partial charge in [0.15, 0.2) is 5.84 Å². The lowest BCUT2D eigenvalue weighted by atomic mass is 9.80. The van der Waals surface area contributed by atoms with E-state index in [-0.39, 0.29) is 19.2 Å². The third kappa shape index (κ3) is 7.91. The summed E-state index contributed by atoms with van der Waals surface area (Å²) < 4.78 is 5.47. The van der Waals surface area contributed by atoms with Crippen molar-refractivity contribution in [2.24, 2.45) is 4.99 Å². The molecule has 198 valence electrons. The lowest BCUT2D eigenvalue weighted by Crippen LogP contribution is -2.41. The lowest BCUT2D eigenvalue weighted by Gasteiger charge is -2.37. The van der Waals surface area contributed by atoms with Crippen LogP contribution in [0.15, 0.2) is 107 Å². The SMILES string of the molecule is C=C/C=C(\C=C/C)N(C)C1=C(C(=NC)NOCC=C)C(c2ccccc2)C(C(=O)OCC)=C(C)N1.C=O. The van der Waals surface area contributed by atoms with Crippen LogP contribution in [0.4, 0.5) is 0 Å². The maximum Gasteiger partial charge on any atom is 0.336 e. The van der Waals surface area contributed by atoms with Gasteiger partial charge in [-0.3, -0.25) is 9.83 Å². The standard InChI is InChI=1S/C28H36N4O3.CH2O/c1-8-15-22(16-9-2)32(7)27-25(26(29-6)31-35-19-10-3)24(21-17-13-12-14-18-21)23(20(5)30-27)28(33)34-11-4;1-2/h8-10,12-18,24,30H,1,3,11,19H2,2,4-7H3,(H,29,31);1H2/b16-9-,22-15+;. The molecular formula is C29H38N4O4. The van der Waals surface area contributed by atoms with E-state index in [9.17, 15) is 4.79 Å². The molecule has 1 atom stereocenters. The number of nitrogens with zero attached hydrogens (tertiary/aromatic N) is 2. The number of dihydropyridines is 1. The number of hydrogen-bond donors (Lipinski definition) is 2. The highest BCUT2D eigenvalue weighted by molar-refractivity contribution is 6.04. The Morgan fingerprint density at radius 1 is 1.22 bits per heavy atom. The van der Waals surface area contributed by atoms with Crippen LogP contribution in [0.5, 0.6) is 0 Å². The van der Waals surface area contributed by atoms with Crippen molar-refractivity contribution >= 4 is 18.6 Å². The van der Waals surface area contributed by atoms with Crippen molar-refractivity contribution in [3.63, 3.8) is 0 Å². The van der Waals surface area contributed by atoms with E-state index in [2.05, 4.69) is 28.9 Å². The molecule has 0 aliphatic carbocycles. The van der Waals surface area contributed by atoms with E-state index in [1.807, 2.05) is 81.1 Å². The summed E-state index contributed by atoms with van der Waals surface area (Å²) in [5.41, 5.74) is 6.71. The Labute approximate surface area is 220 Å². The maximum absolute atomic E-state index is 13.2. The minimum absolute atomic E-state index is 0.270. The Balaban J connectivity index is 0.00000334. The normalized spacial score (nSPS) is 16.0. The van der Waals surface area contributed by atoms with Crippen LogP contribution in [0.2, 0.25) is 0 Å². The first kappa shape index (κ1) is 30.9. The summed E-state index contributed by atoms with van der Waals surface area (Å²) in [6.07, 6.45) is 9.22. The summed E-state index contributed by atoms with van der Waals surface area (Å²) in [7, 11) is 3.62. The van der Waals surface area contributed by atoms with Crippen molar-refractivity contribution in [2.45, 2.75) is 26.7 Å². The Kier molecular flexibility index (Phi) is 13.8. The molecule has 1 aliphatic heterocycles. The monoisotopic (exact) mass is 506 g/mol. The van der Waals surface area contributed by atoms with Crippen molar-refractivity contribution in [3.05, 3.63) is 108 Å². The number of likely N-dealkylation sites (N-methyl/N-ethyl adjacent to an activating group) is 1. The van der Waals surface area contributed by atoms with E-state index in [0.717, 1.165) is 22.7 Å². The van der Waals surface area contributed by atoms with Crippen LogP contribution in [0, 0.1) is 0 Å². The highest BCUT2D eigenvalue weighted by Gasteiger charge is 2.38. The molecule has 37 heavy (non-hydrogen) atoms. The second-order valence-electron chi connectivity index (χ2n) is 7.65. The zero-order valence-electron chi connectivity index (χ0n) is 22.4. The Hall–Kier alpha value is -4.17. The number of ether oxygens (including phenoxy) is 1. The van der Waals surface area contributed by atoms with Gasteiger partial charge in [0.2, 0.25) is 0 Å². The zero-order valence-corrected chi connectivity index (χ0v) is 22.4. The molecule has 2 rings (SSSR count). The van der Waals surface area contributed by atoms with Crippen LogP contribution in [0.1, 0.15) is 32.3 Å². The molecule has 1 aliphatic rings. The summed E-state index contributed by atoms with van der Waals surface area (Å²) in [6, 6.07) is 9.82. The van der Waals surface area contributed by atoms with Gasteiger partial charge in [0.1, 0.15) is 12.6 Å². The first-order valence-corrected chi connectivity index (χ1v) is 11.8. The van der Waals surface area contributed by atoms with Crippen LogP contribution in [0.3, 0.4) is 0 Å². The first-order chi connectivity index (χ1) is 17.9. The number of nitrogens with one attached hydrogen (secondary N) is 2. The summed E-state index contributed by atoms with van der Waals surface area (Å²) in [6.45, 7) is 15.7. The van der Waals surface area contributed by atoms with Gasteiger partial charge in [0.25, 0.3) is 0 Å². The quantitative estimate of drug-likeness (QED) is 0.0865. The third-order valence-electron chi connectivity index (χ3n) is 5.37. The fourth-order valence-electron chi connectivity index (χ4n) is 3.87. The van der Waals surface area contributed by atoms with Crippen LogP contribution in [0.25, 0.3) is 0 Å². The molecule has 2 N–H and O–H groups in total. The number of amidine groups is 1. The number of carbonyl (C=O) groups is 2. The summed E-state index contributed by atoms with van der Waals surface area (Å²) >= 11 is 0. The average molecular weight is 507 g/mol. The second-order valence-corrected chi connectivity index (χ2v) is 7.65. The molecule has 1 aromatic rings. The molecule has 0 spiro atoms. The first-order valence-electron chi connectivity index (χ1n) is 11.8. The number of rotatable bonds is 11. The lowest BCUT2D eigenvalue weighted by molar-refractivity contribution is -0.138.